The lowest BCUT2D eigenvalue weighted by Crippen LogP contribution is -2.16. The van der Waals surface area contributed by atoms with Gasteiger partial charge in [-0.2, -0.15) is 0 Å². The Morgan fingerprint density at radius 2 is 1.94 bits per heavy atom. The number of nitro benzene ring substituents is 1. The third-order valence-corrected chi connectivity index (χ3v) is 2.39. The van der Waals surface area contributed by atoms with E-state index in [0.29, 0.717) is 0 Å². The summed E-state index contributed by atoms with van der Waals surface area (Å²) in [5, 5.41) is 13.8. The zero-order chi connectivity index (χ0) is 11.8. The van der Waals surface area contributed by atoms with E-state index in [4.69, 9.17) is 0 Å². The van der Waals surface area contributed by atoms with Crippen LogP contribution in [0, 0.1) is 10.1 Å². The average Bonchev–Trinajstić information content (AvgIpc) is 2.29. The van der Waals surface area contributed by atoms with Gasteiger partial charge in [0.25, 0.3) is 5.69 Å². The number of hydrogen-bond acceptors (Lipinski definition) is 3. The van der Waals surface area contributed by atoms with Crippen LogP contribution in [0.25, 0.3) is 0 Å². The van der Waals surface area contributed by atoms with Gasteiger partial charge in [-0.25, -0.2) is 0 Å². The highest BCUT2D eigenvalue weighted by atomic mass is 16.6. The number of rotatable bonds is 7. The number of nitrogens with zero attached hydrogens (tertiary/aromatic N) is 1. The highest BCUT2D eigenvalue weighted by Gasteiger charge is 2.03. The lowest BCUT2D eigenvalue weighted by atomic mass is 10.1. The second-order valence-corrected chi connectivity index (χ2v) is 3.78. The van der Waals surface area contributed by atoms with Crippen LogP contribution in [0.2, 0.25) is 0 Å². The van der Waals surface area contributed by atoms with Crippen LogP contribution in [0.15, 0.2) is 24.3 Å². The van der Waals surface area contributed by atoms with Gasteiger partial charge in [0.15, 0.2) is 0 Å². The van der Waals surface area contributed by atoms with Crippen molar-refractivity contribution in [2.75, 3.05) is 13.1 Å². The van der Waals surface area contributed by atoms with Gasteiger partial charge in [-0.15, -0.1) is 0 Å². The minimum absolute atomic E-state index is 0.160. The van der Waals surface area contributed by atoms with Gasteiger partial charge in [-0.05, 0) is 37.9 Å². The maximum atomic E-state index is 10.4. The van der Waals surface area contributed by atoms with Gasteiger partial charge in [0.05, 0.1) is 4.92 Å². The number of non-ortho nitro benzene ring substituents is 1. The Labute approximate surface area is 95.8 Å². The predicted octanol–water partition coefficient (Wildman–Crippen LogP) is 2.53. The molecular weight excluding hydrogens is 204 g/mol. The molecule has 0 aliphatic rings. The Bertz CT molecular complexity index is 322. The minimum atomic E-state index is -0.368. The van der Waals surface area contributed by atoms with Gasteiger partial charge >= 0.3 is 0 Å². The number of hydrogen-bond donors (Lipinski definition) is 1. The van der Waals surface area contributed by atoms with Gasteiger partial charge in [0.1, 0.15) is 0 Å². The molecule has 1 rings (SSSR count). The van der Waals surface area contributed by atoms with E-state index in [1.807, 2.05) is 12.1 Å². The van der Waals surface area contributed by atoms with Crippen LogP contribution >= 0.6 is 0 Å². The molecule has 0 radical (unpaired) electrons. The Kier molecular flexibility index (Phi) is 5.50. The van der Waals surface area contributed by atoms with E-state index in [2.05, 4.69) is 12.2 Å². The van der Waals surface area contributed by atoms with Gasteiger partial charge in [-0.3, -0.25) is 10.1 Å². The molecule has 0 saturated carbocycles. The zero-order valence-corrected chi connectivity index (χ0v) is 9.61. The van der Waals surface area contributed by atoms with E-state index in [-0.39, 0.29) is 10.6 Å². The molecule has 0 atom stereocenters. The standard InChI is InChI=1S/C12H18N2O2/c1-2-9-13-10-3-4-11-5-7-12(8-6-11)14(15)16/h5-8,13H,2-4,9-10H2,1H3. The fourth-order valence-electron chi connectivity index (χ4n) is 1.50. The summed E-state index contributed by atoms with van der Waals surface area (Å²) in [5.74, 6) is 0. The maximum absolute atomic E-state index is 10.4. The molecule has 0 aliphatic heterocycles. The molecule has 0 bridgehead atoms. The van der Waals surface area contributed by atoms with Crippen molar-refractivity contribution in [3.8, 4) is 0 Å². The molecule has 1 aromatic carbocycles. The summed E-state index contributed by atoms with van der Waals surface area (Å²) in [5.41, 5.74) is 1.32. The third-order valence-electron chi connectivity index (χ3n) is 2.39. The van der Waals surface area contributed by atoms with Crippen LogP contribution < -0.4 is 5.32 Å². The lowest BCUT2D eigenvalue weighted by Gasteiger charge is -2.03. The summed E-state index contributed by atoms with van der Waals surface area (Å²) in [7, 11) is 0. The van der Waals surface area contributed by atoms with Crippen molar-refractivity contribution in [3.63, 3.8) is 0 Å². The molecule has 0 heterocycles. The van der Waals surface area contributed by atoms with Crippen LogP contribution in [0.3, 0.4) is 0 Å². The normalized spacial score (nSPS) is 10.3. The second-order valence-electron chi connectivity index (χ2n) is 3.78. The molecule has 0 amide bonds. The van der Waals surface area contributed by atoms with Crippen molar-refractivity contribution in [1.82, 2.24) is 5.32 Å². The summed E-state index contributed by atoms with van der Waals surface area (Å²) < 4.78 is 0. The van der Waals surface area contributed by atoms with Gasteiger partial charge in [0, 0.05) is 12.1 Å². The number of nitro groups is 1. The Morgan fingerprint density at radius 1 is 1.25 bits per heavy atom. The first-order valence-electron chi connectivity index (χ1n) is 5.68. The molecule has 1 N–H and O–H groups in total. The highest BCUT2D eigenvalue weighted by Crippen LogP contribution is 2.12. The molecule has 0 saturated heterocycles. The molecule has 16 heavy (non-hydrogen) atoms. The zero-order valence-electron chi connectivity index (χ0n) is 9.61. The molecule has 0 fully saturated rings. The highest BCUT2D eigenvalue weighted by molar-refractivity contribution is 5.32. The van der Waals surface area contributed by atoms with E-state index in [9.17, 15) is 10.1 Å². The largest absolute Gasteiger partial charge is 0.317 e. The molecular formula is C12H18N2O2. The van der Waals surface area contributed by atoms with Crippen LogP contribution in [-0.2, 0) is 6.42 Å². The second kappa shape index (κ2) is 6.95. The minimum Gasteiger partial charge on any atom is -0.317 e. The topological polar surface area (TPSA) is 55.2 Å². The number of benzene rings is 1. The van der Waals surface area contributed by atoms with Gasteiger partial charge in [-0.1, -0.05) is 19.1 Å². The Balaban J connectivity index is 2.29. The first kappa shape index (κ1) is 12.6. The molecule has 1 aromatic rings. The van der Waals surface area contributed by atoms with Crippen molar-refractivity contribution in [1.29, 1.82) is 0 Å². The average molecular weight is 222 g/mol. The lowest BCUT2D eigenvalue weighted by molar-refractivity contribution is -0.384. The maximum Gasteiger partial charge on any atom is 0.269 e. The molecule has 0 aromatic heterocycles. The van der Waals surface area contributed by atoms with Crippen LogP contribution in [0.5, 0.6) is 0 Å². The van der Waals surface area contributed by atoms with Crippen LogP contribution in [0.4, 0.5) is 5.69 Å². The Morgan fingerprint density at radius 3 is 2.50 bits per heavy atom. The molecule has 0 spiro atoms. The van der Waals surface area contributed by atoms with E-state index >= 15 is 0 Å². The number of nitrogens with one attached hydrogen (secondary N) is 1. The van der Waals surface area contributed by atoms with Crippen LogP contribution in [-0.4, -0.2) is 18.0 Å². The molecule has 88 valence electrons. The monoisotopic (exact) mass is 222 g/mol. The van der Waals surface area contributed by atoms with E-state index in [0.717, 1.165) is 37.9 Å². The fourth-order valence-corrected chi connectivity index (χ4v) is 1.50. The molecule has 0 unspecified atom stereocenters. The molecule has 4 nitrogen and oxygen atoms in total. The fraction of sp³-hybridized carbons (Fsp3) is 0.500. The summed E-state index contributed by atoms with van der Waals surface area (Å²) in [6.07, 6.45) is 3.18. The van der Waals surface area contributed by atoms with E-state index in [1.54, 1.807) is 12.1 Å². The Hall–Kier alpha value is -1.42. The summed E-state index contributed by atoms with van der Waals surface area (Å²) >= 11 is 0. The van der Waals surface area contributed by atoms with E-state index < -0.39 is 0 Å². The SMILES string of the molecule is CCCNCCCc1ccc([N+](=O)[O-])cc1. The third kappa shape index (κ3) is 4.40. The van der Waals surface area contributed by atoms with Crippen molar-refractivity contribution in [2.24, 2.45) is 0 Å². The van der Waals surface area contributed by atoms with Gasteiger partial charge in [0.2, 0.25) is 0 Å². The summed E-state index contributed by atoms with van der Waals surface area (Å²) in [6, 6.07) is 6.79. The summed E-state index contributed by atoms with van der Waals surface area (Å²) in [4.78, 5) is 10.1. The van der Waals surface area contributed by atoms with E-state index in [1.165, 1.54) is 0 Å². The smallest absolute Gasteiger partial charge is 0.269 e. The summed E-state index contributed by atoms with van der Waals surface area (Å²) in [6.45, 7) is 4.20. The first-order valence-corrected chi connectivity index (χ1v) is 5.68. The first-order chi connectivity index (χ1) is 7.74. The van der Waals surface area contributed by atoms with Crippen molar-refractivity contribution < 1.29 is 4.92 Å². The quantitative estimate of drug-likeness (QED) is 0.438. The molecule has 4 heteroatoms. The predicted molar refractivity (Wildman–Crippen MR) is 64.6 cm³/mol. The number of aryl methyl sites for hydroxylation is 1. The van der Waals surface area contributed by atoms with Gasteiger partial charge < -0.3 is 5.32 Å². The van der Waals surface area contributed by atoms with Crippen molar-refractivity contribution in [3.05, 3.63) is 39.9 Å². The molecule has 0 aliphatic carbocycles. The van der Waals surface area contributed by atoms with Crippen molar-refractivity contribution >= 4 is 5.69 Å². The van der Waals surface area contributed by atoms with Crippen LogP contribution in [0.1, 0.15) is 25.3 Å². The van der Waals surface area contributed by atoms with Crippen molar-refractivity contribution in [2.45, 2.75) is 26.2 Å².